The van der Waals surface area contributed by atoms with E-state index in [2.05, 4.69) is 26.8 Å². The Kier molecular flexibility index (Phi) is 3.78. The van der Waals surface area contributed by atoms with Gasteiger partial charge >= 0.3 is 5.69 Å². The van der Waals surface area contributed by atoms with Crippen LogP contribution in [0.2, 0.25) is 0 Å². The van der Waals surface area contributed by atoms with Crippen LogP contribution in [0.1, 0.15) is 39.7 Å². The number of benzene rings is 1. The zero-order chi connectivity index (χ0) is 17.7. The van der Waals surface area contributed by atoms with Gasteiger partial charge in [-0.2, -0.15) is 0 Å². The maximum absolute atomic E-state index is 13.2. The zero-order valence-corrected chi connectivity index (χ0v) is 14.9. The van der Waals surface area contributed by atoms with Crippen molar-refractivity contribution in [1.82, 2.24) is 9.13 Å². The van der Waals surface area contributed by atoms with Crippen molar-refractivity contribution in [1.29, 1.82) is 0 Å². The van der Waals surface area contributed by atoms with Crippen LogP contribution >= 0.6 is 0 Å². The Bertz CT molecular complexity index is 945. The minimum atomic E-state index is -0.487. The SMILES string of the molecule is Cn1c2c(n(CC(C)(C)C)c1=O)=CCC(C)(c1ccc(F)cc1)N=2. The maximum Gasteiger partial charge on any atom is 0.330 e. The van der Waals surface area contributed by atoms with Crippen molar-refractivity contribution < 1.29 is 4.39 Å². The van der Waals surface area contributed by atoms with Crippen molar-refractivity contribution >= 4 is 6.08 Å². The molecule has 0 amide bonds. The van der Waals surface area contributed by atoms with Crippen LogP contribution in [0.25, 0.3) is 6.08 Å². The van der Waals surface area contributed by atoms with Gasteiger partial charge in [0.05, 0.1) is 10.9 Å². The van der Waals surface area contributed by atoms with Crippen LogP contribution in [0.15, 0.2) is 34.1 Å². The van der Waals surface area contributed by atoms with Gasteiger partial charge in [-0.05, 0) is 36.5 Å². The van der Waals surface area contributed by atoms with E-state index in [1.54, 1.807) is 23.7 Å². The smallest absolute Gasteiger partial charge is 0.290 e. The van der Waals surface area contributed by atoms with Gasteiger partial charge in [-0.25, -0.2) is 9.18 Å². The van der Waals surface area contributed by atoms with E-state index in [4.69, 9.17) is 4.99 Å². The Labute approximate surface area is 141 Å². The molecule has 1 aromatic carbocycles. The van der Waals surface area contributed by atoms with Crippen LogP contribution in [-0.2, 0) is 19.1 Å². The summed E-state index contributed by atoms with van der Waals surface area (Å²) >= 11 is 0. The predicted molar refractivity (Wildman–Crippen MR) is 92.7 cm³/mol. The number of halogens is 1. The van der Waals surface area contributed by atoms with Gasteiger partial charge in [-0.3, -0.25) is 14.1 Å². The highest BCUT2D eigenvalue weighted by Gasteiger charge is 2.29. The lowest BCUT2D eigenvalue weighted by Gasteiger charge is -2.26. The summed E-state index contributed by atoms with van der Waals surface area (Å²) < 4.78 is 16.6. The number of fused-ring (bicyclic) bond motifs is 1. The minimum Gasteiger partial charge on any atom is -0.290 e. The van der Waals surface area contributed by atoms with Gasteiger partial charge in [0.2, 0.25) is 0 Å². The van der Waals surface area contributed by atoms with Gasteiger partial charge in [0.15, 0.2) is 5.49 Å². The van der Waals surface area contributed by atoms with E-state index in [1.165, 1.54) is 12.1 Å². The molecule has 0 N–H and O–H groups in total. The average molecular weight is 329 g/mol. The fraction of sp³-hybridized carbons (Fsp3) is 0.474. The number of hydrogen-bond acceptors (Lipinski definition) is 2. The van der Waals surface area contributed by atoms with Crippen molar-refractivity contribution in [2.45, 2.75) is 46.2 Å². The molecule has 128 valence electrons. The highest BCUT2D eigenvalue weighted by Crippen LogP contribution is 2.30. The van der Waals surface area contributed by atoms with E-state index in [0.717, 1.165) is 10.9 Å². The number of imidazole rings is 1. The third-order valence-electron chi connectivity index (χ3n) is 4.50. The van der Waals surface area contributed by atoms with Crippen molar-refractivity contribution in [3.63, 3.8) is 0 Å². The van der Waals surface area contributed by atoms with E-state index in [9.17, 15) is 9.18 Å². The molecule has 2 aromatic rings. The van der Waals surface area contributed by atoms with Gasteiger partial charge in [-0.1, -0.05) is 39.0 Å². The second-order valence-electron chi connectivity index (χ2n) is 8.00. The summed E-state index contributed by atoms with van der Waals surface area (Å²) in [7, 11) is 1.76. The van der Waals surface area contributed by atoms with E-state index in [0.29, 0.717) is 18.5 Å². The molecule has 1 aliphatic rings. The summed E-state index contributed by atoms with van der Waals surface area (Å²) in [4.78, 5) is 17.5. The van der Waals surface area contributed by atoms with Crippen LogP contribution < -0.4 is 16.5 Å². The molecule has 4 nitrogen and oxygen atoms in total. The fourth-order valence-electron chi connectivity index (χ4n) is 3.19. The van der Waals surface area contributed by atoms with E-state index < -0.39 is 5.54 Å². The lowest BCUT2D eigenvalue weighted by atomic mass is 9.88. The van der Waals surface area contributed by atoms with Crippen molar-refractivity contribution in [3.8, 4) is 0 Å². The molecule has 1 atom stereocenters. The summed E-state index contributed by atoms with van der Waals surface area (Å²) in [6.45, 7) is 9.00. The van der Waals surface area contributed by atoms with Crippen LogP contribution in [0.5, 0.6) is 0 Å². The number of aromatic nitrogens is 2. The molecule has 0 spiro atoms. The molecular weight excluding hydrogens is 305 g/mol. The van der Waals surface area contributed by atoms with Crippen LogP contribution in [0.3, 0.4) is 0 Å². The van der Waals surface area contributed by atoms with Crippen LogP contribution in [-0.4, -0.2) is 9.13 Å². The summed E-state index contributed by atoms with van der Waals surface area (Å²) in [6.07, 6.45) is 2.76. The molecule has 0 radical (unpaired) electrons. The monoisotopic (exact) mass is 329 g/mol. The lowest BCUT2D eigenvalue weighted by Crippen LogP contribution is -2.41. The van der Waals surface area contributed by atoms with E-state index in [1.807, 2.05) is 11.5 Å². The van der Waals surface area contributed by atoms with Gasteiger partial charge in [0.1, 0.15) is 5.82 Å². The number of hydrogen-bond donors (Lipinski definition) is 0. The second-order valence-corrected chi connectivity index (χ2v) is 8.00. The Balaban J connectivity index is 2.17. The highest BCUT2D eigenvalue weighted by molar-refractivity contribution is 5.33. The summed E-state index contributed by atoms with van der Waals surface area (Å²) in [6, 6.07) is 6.44. The zero-order valence-electron chi connectivity index (χ0n) is 14.9. The number of nitrogens with zero attached hydrogens (tertiary/aromatic N) is 3. The van der Waals surface area contributed by atoms with Gasteiger partial charge in [-0.15, -0.1) is 0 Å². The highest BCUT2D eigenvalue weighted by atomic mass is 19.1. The molecule has 0 saturated carbocycles. The Morgan fingerprint density at radius 1 is 1.25 bits per heavy atom. The molecule has 5 heteroatoms. The van der Waals surface area contributed by atoms with Gasteiger partial charge < -0.3 is 0 Å². The summed E-state index contributed by atoms with van der Waals surface area (Å²) in [5.74, 6) is -0.258. The fourth-order valence-corrected chi connectivity index (χ4v) is 3.19. The van der Waals surface area contributed by atoms with E-state index >= 15 is 0 Å². The summed E-state index contributed by atoms with van der Waals surface area (Å²) in [5.41, 5.74) is 1.12. The molecule has 0 bridgehead atoms. The predicted octanol–water partition coefficient (Wildman–Crippen LogP) is 2.09. The summed E-state index contributed by atoms with van der Waals surface area (Å²) in [5, 5.41) is 0.886. The third kappa shape index (κ3) is 2.83. The minimum absolute atomic E-state index is 0.00446. The molecule has 1 unspecified atom stereocenters. The van der Waals surface area contributed by atoms with Crippen LogP contribution in [0.4, 0.5) is 4.39 Å². The quantitative estimate of drug-likeness (QED) is 0.831. The molecule has 0 saturated heterocycles. The normalized spacial score (nSPS) is 20.2. The van der Waals surface area contributed by atoms with Crippen LogP contribution in [0, 0.1) is 11.2 Å². The average Bonchev–Trinajstić information content (AvgIpc) is 2.71. The number of rotatable bonds is 2. The first-order valence-electron chi connectivity index (χ1n) is 8.22. The van der Waals surface area contributed by atoms with Crippen molar-refractivity contribution in [2.24, 2.45) is 17.5 Å². The van der Waals surface area contributed by atoms with Gasteiger partial charge in [0.25, 0.3) is 0 Å². The topological polar surface area (TPSA) is 39.3 Å². The second kappa shape index (κ2) is 5.43. The molecule has 0 aliphatic carbocycles. The van der Waals surface area contributed by atoms with Crippen molar-refractivity contribution in [3.05, 3.63) is 57.0 Å². The standard InChI is InChI=1S/C19H24FN3O/c1-18(2,3)12-23-15-10-11-19(4,13-6-8-14(20)9-7-13)21-16(15)22(5)17(23)24/h6-10H,11-12H2,1-5H3. The molecular formula is C19H24FN3O. The molecule has 1 aliphatic heterocycles. The molecule has 0 fully saturated rings. The van der Waals surface area contributed by atoms with E-state index in [-0.39, 0.29) is 16.9 Å². The first-order valence-corrected chi connectivity index (χ1v) is 8.22. The van der Waals surface area contributed by atoms with Crippen molar-refractivity contribution in [2.75, 3.05) is 0 Å². The third-order valence-corrected chi connectivity index (χ3v) is 4.50. The lowest BCUT2D eigenvalue weighted by molar-refractivity contribution is 0.333. The first-order chi connectivity index (χ1) is 11.1. The molecule has 1 aromatic heterocycles. The first kappa shape index (κ1) is 16.7. The molecule has 24 heavy (non-hydrogen) atoms. The molecule has 3 rings (SSSR count). The Morgan fingerprint density at radius 2 is 1.88 bits per heavy atom. The maximum atomic E-state index is 13.2. The van der Waals surface area contributed by atoms with Gasteiger partial charge in [0, 0.05) is 13.6 Å². The largest absolute Gasteiger partial charge is 0.330 e. The molecule has 2 heterocycles. The Morgan fingerprint density at radius 3 is 2.46 bits per heavy atom. The Hall–Kier alpha value is -2.17.